The summed E-state index contributed by atoms with van der Waals surface area (Å²) in [5.41, 5.74) is 0. The van der Waals surface area contributed by atoms with Gasteiger partial charge in [-0.15, -0.1) is 0 Å². The molecule has 82 valence electrons. The molecule has 0 unspecified atom stereocenters. The van der Waals surface area contributed by atoms with Gasteiger partial charge in [-0.05, 0) is 12.8 Å². The molecule has 0 saturated carbocycles. The number of nitrogens with zero attached hydrogens (tertiary/aromatic N) is 4. The SMILES string of the molecule is Cn1cnc(CNC2=NCCCCC2)n1. The van der Waals surface area contributed by atoms with Crippen molar-refractivity contribution < 1.29 is 0 Å². The molecule has 0 bridgehead atoms. The van der Waals surface area contributed by atoms with Crippen molar-refractivity contribution in [3.05, 3.63) is 12.2 Å². The van der Waals surface area contributed by atoms with E-state index in [2.05, 4.69) is 20.4 Å². The van der Waals surface area contributed by atoms with Crippen LogP contribution in [-0.4, -0.2) is 27.1 Å². The highest BCUT2D eigenvalue weighted by molar-refractivity contribution is 5.82. The van der Waals surface area contributed by atoms with Gasteiger partial charge in [0.2, 0.25) is 0 Å². The van der Waals surface area contributed by atoms with Crippen LogP contribution in [0.2, 0.25) is 0 Å². The zero-order chi connectivity index (χ0) is 10.5. The second-order valence-electron chi connectivity index (χ2n) is 3.83. The third-order valence-electron chi connectivity index (χ3n) is 2.47. The lowest BCUT2D eigenvalue weighted by atomic mass is 10.2. The third kappa shape index (κ3) is 3.04. The Labute approximate surface area is 89.6 Å². The molecule has 0 radical (unpaired) electrons. The molecule has 1 aliphatic heterocycles. The highest BCUT2D eigenvalue weighted by Gasteiger charge is 2.05. The molecule has 0 spiro atoms. The van der Waals surface area contributed by atoms with E-state index in [0.29, 0.717) is 6.54 Å². The molecule has 1 N–H and O–H groups in total. The predicted octanol–water partition coefficient (Wildman–Crippen LogP) is 0.877. The predicted molar refractivity (Wildman–Crippen MR) is 58.6 cm³/mol. The number of aromatic nitrogens is 3. The molecule has 15 heavy (non-hydrogen) atoms. The molecule has 5 nitrogen and oxygen atoms in total. The Morgan fingerprint density at radius 1 is 1.40 bits per heavy atom. The van der Waals surface area contributed by atoms with Gasteiger partial charge < -0.3 is 5.32 Å². The highest BCUT2D eigenvalue weighted by Crippen LogP contribution is 2.06. The first kappa shape index (κ1) is 10.1. The fraction of sp³-hybridized carbons (Fsp3) is 0.700. The van der Waals surface area contributed by atoms with Gasteiger partial charge in [-0.25, -0.2) is 4.98 Å². The molecule has 5 heteroatoms. The number of aliphatic imine (C=N–C) groups is 1. The molecular weight excluding hydrogens is 190 g/mol. The number of nitrogens with one attached hydrogen (secondary N) is 1. The Hall–Kier alpha value is -1.39. The monoisotopic (exact) mass is 207 g/mol. The Morgan fingerprint density at radius 2 is 2.33 bits per heavy atom. The van der Waals surface area contributed by atoms with E-state index in [1.807, 2.05) is 7.05 Å². The maximum atomic E-state index is 4.49. The van der Waals surface area contributed by atoms with Crippen molar-refractivity contribution >= 4 is 5.84 Å². The lowest BCUT2D eigenvalue weighted by Crippen LogP contribution is -2.23. The molecule has 2 rings (SSSR count). The molecular formula is C10H17N5. The van der Waals surface area contributed by atoms with Gasteiger partial charge in [0.05, 0.1) is 12.4 Å². The van der Waals surface area contributed by atoms with Crippen molar-refractivity contribution in [1.82, 2.24) is 20.1 Å². The fourth-order valence-corrected chi connectivity index (χ4v) is 1.66. The maximum Gasteiger partial charge on any atom is 0.169 e. The molecule has 2 heterocycles. The van der Waals surface area contributed by atoms with Crippen molar-refractivity contribution in [1.29, 1.82) is 0 Å². The summed E-state index contributed by atoms with van der Waals surface area (Å²) in [5.74, 6) is 1.93. The lowest BCUT2D eigenvalue weighted by Gasteiger charge is -2.05. The van der Waals surface area contributed by atoms with Crippen molar-refractivity contribution in [2.24, 2.45) is 12.0 Å². The molecule has 0 fully saturated rings. The average molecular weight is 207 g/mol. The fourth-order valence-electron chi connectivity index (χ4n) is 1.66. The average Bonchev–Trinajstić information content (AvgIpc) is 2.52. The lowest BCUT2D eigenvalue weighted by molar-refractivity contribution is 0.717. The van der Waals surface area contributed by atoms with E-state index in [1.54, 1.807) is 11.0 Å². The van der Waals surface area contributed by atoms with Gasteiger partial charge >= 0.3 is 0 Å². The minimum atomic E-state index is 0.680. The smallest absolute Gasteiger partial charge is 0.169 e. The molecule has 0 aliphatic carbocycles. The summed E-state index contributed by atoms with van der Waals surface area (Å²) in [6.07, 6.45) is 6.52. The number of hydrogen-bond donors (Lipinski definition) is 1. The van der Waals surface area contributed by atoms with Crippen LogP contribution >= 0.6 is 0 Å². The van der Waals surface area contributed by atoms with Crippen molar-refractivity contribution in [3.8, 4) is 0 Å². The van der Waals surface area contributed by atoms with Crippen LogP contribution in [0, 0.1) is 0 Å². The molecule has 0 aromatic carbocycles. The molecule has 0 amide bonds. The Morgan fingerprint density at radius 3 is 3.13 bits per heavy atom. The second-order valence-corrected chi connectivity index (χ2v) is 3.83. The summed E-state index contributed by atoms with van der Waals surface area (Å²) in [5, 5.41) is 7.51. The third-order valence-corrected chi connectivity index (χ3v) is 2.47. The normalized spacial score (nSPS) is 17.0. The summed E-state index contributed by atoms with van der Waals surface area (Å²) in [4.78, 5) is 8.65. The first-order chi connectivity index (χ1) is 7.34. The van der Waals surface area contributed by atoms with E-state index in [-0.39, 0.29) is 0 Å². The van der Waals surface area contributed by atoms with E-state index in [0.717, 1.165) is 24.6 Å². The zero-order valence-electron chi connectivity index (χ0n) is 9.11. The number of hydrogen-bond acceptors (Lipinski definition) is 4. The van der Waals surface area contributed by atoms with Crippen LogP contribution in [0.5, 0.6) is 0 Å². The quantitative estimate of drug-likeness (QED) is 0.783. The zero-order valence-corrected chi connectivity index (χ0v) is 9.11. The van der Waals surface area contributed by atoms with Gasteiger partial charge in [0.1, 0.15) is 6.33 Å². The molecule has 1 aromatic rings. The van der Waals surface area contributed by atoms with E-state index in [1.165, 1.54) is 19.3 Å². The second kappa shape index (κ2) is 4.91. The van der Waals surface area contributed by atoms with Gasteiger partial charge in [-0.1, -0.05) is 6.42 Å². The van der Waals surface area contributed by atoms with Crippen LogP contribution in [-0.2, 0) is 13.6 Å². The molecule has 1 aromatic heterocycles. The Balaban J connectivity index is 1.84. The maximum absolute atomic E-state index is 4.49. The summed E-state index contributed by atoms with van der Waals surface area (Å²) >= 11 is 0. The Kier molecular flexibility index (Phi) is 3.32. The first-order valence-electron chi connectivity index (χ1n) is 5.46. The van der Waals surface area contributed by atoms with Gasteiger partial charge in [0, 0.05) is 20.0 Å². The van der Waals surface area contributed by atoms with Crippen molar-refractivity contribution in [2.75, 3.05) is 6.54 Å². The minimum Gasteiger partial charge on any atom is -0.366 e. The van der Waals surface area contributed by atoms with Crippen LogP contribution in [0.25, 0.3) is 0 Å². The van der Waals surface area contributed by atoms with E-state index in [4.69, 9.17) is 0 Å². The molecule has 1 aliphatic rings. The van der Waals surface area contributed by atoms with Gasteiger partial charge in [0.25, 0.3) is 0 Å². The molecule has 0 saturated heterocycles. The van der Waals surface area contributed by atoms with Gasteiger partial charge in [-0.3, -0.25) is 9.67 Å². The van der Waals surface area contributed by atoms with Crippen LogP contribution in [0.4, 0.5) is 0 Å². The van der Waals surface area contributed by atoms with Crippen molar-refractivity contribution in [2.45, 2.75) is 32.2 Å². The van der Waals surface area contributed by atoms with Gasteiger partial charge in [-0.2, -0.15) is 5.10 Å². The first-order valence-corrected chi connectivity index (χ1v) is 5.46. The van der Waals surface area contributed by atoms with Crippen LogP contribution in [0.1, 0.15) is 31.5 Å². The van der Waals surface area contributed by atoms with Crippen LogP contribution in [0.15, 0.2) is 11.3 Å². The van der Waals surface area contributed by atoms with E-state index in [9.17, 15) is 0 Å². The summed E-state index contributed by atoms with van der Waals surface area (Å²) in [6, 6.07) is 0. The summed E-state index contributed by atoms with van der Waals surface area (Å²) in [7, 11) is 1.87. The minimum absolute atomic E-state index is 0.680. The van der Waals surface area contributed by atoms with Crippen molar-refractivity contribution in [3.63, 3.8) is 0 Å². The standard InChI is InChI=1S/C10H17N5/c1-15-8-13-10(14-15)7-12-9-5-3-2-4-6-11-9/h8H,2-7H2,1H3,(H,11,12). The van der Waals surface area contributed by atoms with Crippen LogP contribution < -0.4 is 5.32 Å². The molecule has 0 atom stereocenters. The number of aryl methyl sites for hydroxylation is 1. The topological polar surface area (TPSA) is 55.1 Å². The highest BCUT2D eigenvalue weighted by atomic mass is 15.3. The summed E-state index contributed by atoms with van der Waals surface area (Å²) < 4.78 is 1.71. The summed E-state index contributed by atoms with van der Waals surface area (Å²) in [6.45, 7) is 1.64. The Bertz CT molecular complexity index is 341. The van der Waals surface area contributed by atoms with E-state index >= 15 is 0 Å². The van der Waals surface area contributed by atoms with Crippen LogP contribution in [0.3, 0.4) is 0 Å². The number of amidine groups is 1. The van der Waals surface area contributed by atoms with Gasteiger partial charge in [0.15, 0.2) is 5.82 Å². The van der Waals surface area contributed by atoms with E-state index < -0.39 is 0 Å². The largest absolute Gasteiger partial charge is 0.366 e. The number of rotatable bonds is 2.